The summed E-state index contributed by atoms with van der Waals surface area (Å²) in [5.74, 6) is 0. The lowest BCUT2D eigenvalue weighted by atomic mass is 10.0. The number of aromatic nitrogens is 1. The van der Waals surface area contributed by atoms with E-state index < -0.39 is 0 Å². The Morgan fingerprint density at radius 3 is 2.32 bits per heavy atom. The summed E-state index contributed by atoms with van der Waals surface area (Å²) in [7, 11) is 0. The van der Waals surface area contributed by atoms with Crippen molar-refractivity contribution >= 4 is 6.03 Å². The zero-order valence-corrected chi connectivity index (χ0v) is 15.3. The van der Waals surface area contributed by atoms with Gasteiger partial charge in [-0.1, -0.05) is 19.3 Å². The van der Waals surface area contributed by atoms with Crippen LogP contribution in [0.4, 0.5) is 4.79 Å². The van der Waals surface area contributed by atoms with Crippen molar-refractivity contribution in [1.29, 1.82) is 0 Å². The summed E-state index contributed by atoms with van der Waals surface area (Å²) >= 11 is 0. The Morgan fingerprint density at radius 1 is 1.00 bits per heavy atom. The Labute approximate surface area is 151 Å². The van der Waals surface area contributed by atoms with Crippen molar-refractivity contribution in [2.75, 3.05) is 32.7 Å². The van der Waals surface area contributed by atoms with Gasteiger partial charge in [-0.05, 0) is 49.8 Å². The second-order valence-electron chi connectivity index (χ2n) is 7.43. The lowest BCUT2D eigenvalue weighted by molar-refractivity contribution is 0.169. The monoisotopic (exact) mass is 344 g/mol. The van der Waals surface area contributed by atoms with E-state index in [1.165, 1.54) is 24.8 Å². The number of nitrogens with zero attached hydrogens (tertiary/aromatic N) is 3. The van der Waals surface area contributed by atoms with Gasteiger partial charge in [-0.2, -0.15) is 0 Å². The number of hydrogen-bond acceptors (Lipinski definition) is 3. The zero-order chi connectivity index (χ0) is 17.3. The molecule has 3 rings (SSSR count). The van der Waals surface area contributed by atoms with E-state index in [0.717, 1.165) is 64.8 Å². The first-order valence-electron chi connectivity index (χ1n) is 9.98. The summed E-state index contributed by atoms with van der Waals surface area (Å²) in [6.45, 7) is 5.11. The second-order valence-corrected chi connectivity index (χ2v) is 7.43. The predicted molar refractivity (Wildman–Crippen MR) is 101 cm³/mol. The van der Waals surface area contributed by atoms with E-state index in [4.69, 9.17) is 0 Å². The van der Waals surface area contributed by atoms with E-state index in [1.54, 1.807) is 0 Å². The highest BCUT2D eigenvalue weighted by atomic mass is 16.2. The molecule has 138 valence electrons. The van der Waals surface area contributed by atoms with Crippen molar-refractivity contribution < 1.29 is 4.79 Å². The summed E-state index contributed by atoms with van der Waals surface area (Å²) in [5, 5.41) is 3.28. The second kappa shape index (κ2) is 9.76. The number of amides is 2. The smallest absolute Gasteiger partial charge is 0.317 e. The molecular formula is C20H32N4O. The zero-order valence-electron chi connectivity index (χ0n) is 15.3. The molecule has 1 N–H and O–H groups in total. The van der Waals surface area contributed by atoms with Crippen LogP contribution in [-0.2, 0) is 6.42 Å². The van der Waals surface area contributed by atoms with Gasteiger partial charge in [-0.25, -0.2) is 4.79 Å². The van der Waals surface area contributed by atoms with Gasteiger partial charge in [0.15, 0.2) is 0 Å². The molecule has 2 fully saturated rings. The highest BCUT2D eigenvalue weighted by molar-refractivity contribution is 5.74. The topological polar surface area (TPSA) is 48.5 Å². The van der Waals surface area contributed by atoms with Crippen LogP contribution in [0.3, 0.4) is 0 Å². The van der Waals surface area contributed by atoms with Crippen LogP contribution in [0.5, 0.6) is 0 Å². The SMILES string of the molecule is O=C(NC1CCN(CCc2ccncc2)CC1)N1CCCCCCC1. The molecule has 0 unspecified atom stereocenters. The van der Waals surface area contributed by atoms with Crippen molar-refractivity contribution in [2.45, 2.75) is 57.4 Å². The number of piperidine rings is 1. The van der Waals surface area contributed by atoms with Crippen LogP contribution in [-0.4, -0.2) is 59.6 Å². The minimum atomic E-state index is 0.164. The molecule has 0 atom stereocenters. The van der Waals surface area contributed by atoms with Crippen LogP contribution in [0.25, 0.3) is 0 Å². The Kier molecular flexibility index (Phi) is 7.10. The maximum Gasteiger partial charge on any atom is 0.317 e. The molecule has 25 heavy (non-hydrogen) atoms. The molecule has 2 aliphatic heterocycles. The molecule has 2 saturated heterocycles. The van der Waals surface area contributed by atoms with Gasteiger partial charge in [-0.3, -0.25) is 4.98 Å². The number of likely N-dealkylation sites (tertiary alicyclic amines) is 2. The van der Waals surface area contributed by atoms with Crippen molar-refractivity contribution in [3.63, 3.8) is 0 Å². The summed E-state index contributed by atoms with van der Waals surface area (Å²) < 4.78 is 0. The van der Waals surface area contributed by atoms with Gasteiger partial charge in [-0.15, -0.1) is 0 Å². The lowest BCUT2D eigenvalue weighted by Gasteiger charge is -2.34. The molecule has 0 saturated carbocycles. The molecule has 2 amide bonds. The first-order valence-corrected chi connectivity index (χ1v) is 9.98. The third kappa shape index (κ3) is 5.99. The average molecular weight is 345 g/mol. The molecule has 0 bridgehead atoms. The van der Waals surface area contributed by atoms with Crippen LogP contribution in [0.15, 0.2) is 24.5 Å². The molecule has 5 nitrogen and oxygen atoms in total. The van der Waals surface area contributed by atoms with Crippen LogP contribution in [0.1, 0.15) is 50.5 Å². The van der Waals surface area contributed by atoms with E-state index in [9.17, 15) is 4.79 Å². The minimum absolute atomic E-state index is 0.164. The minimum Gasteiger partial charge on any atom is -0.335 e. The molecule has 2 aliphatic rings. The van der Waals surface area contributed by atoms with E-state index >= 15 is 0 Å². The maximum atomic E-state index is 12.5. The molecule has 0 spiro atoms. The first kappa shape index (κ1) is 18.2. The first-order chi connectivity index (χ1) is 12.3. The number of nitrogens with one attached hydrogen (secondary N) is 1. The van der Waals surface area contributed by atoms with Gasteiger partial charge in [0, 0.05) is 51.2 Å². The number of carbonyl (C=O) groups excluding carboxylic acids is 1. The number of hydrogen-bond donors (Lipinski definition) is 1. The number of rotatable bonds is 4. The van der Waals surface area contributed by atoms with Gasteiger partial charge < -0.3 is 15.1 Å². The van der Waals surface area contributed by atoms with E-state index in [1.807, 2.05) is 17.3 Å². The van der Waals surface area contributed by atoms with E-state index in [-0.39, 0.29) is 6.03 Å². The third-order valence-corrected chi connectivity index (χ3v) is 5.52. The maximum absolute atomic E-state index is 12.5. The number of urea groups is 1. The average Bonchev–Trinajstić information content (AvgIpc) is 2.61. The fourth-order valence-electron chi connectivity index (χ4n) is 3.85. The predicted octanol–water partition coefficient (Wildman–Crippen LogP) is 3.06. The highest BCUT2D eigenvalue weighted by Gasteiger charge is 2.23. The lowest BCUT2D eigenvalue weighted by Crippen LogP contribution is -2.50. The molecule has 0 radical (unpaired) electrons. The quantitative estimate of drug-likeness (QED) is 0.913. The number of pyridine rings is 1. The summed E-state index contributed by atoms with van der Waals surface area (Å²) in [6, 6.07) is 4.69. The molecule has 1 aromatic rings. The van der Waals surface area contributed by atoms with Gasteiger partial charge >= 0.3 is 6.03 Å². The van der Waals surface area contributed by atoms with E-state index in [2.05, 4.69) is 27.3 Å². The molecule has 5 heteroatoms. The fraction of sp³-hybridized carbons (Fsp3) is 0.700. The van der Waals surface area contributed by atoms with E-state index in [0.29, 0.717) is 6.04 Å². The van der Waals surface area contributed by atoms with Crippen molar-refractivity contribution in [2.24, 2.45) is 0 Å². The van der Waals surface area contributed by atoms with Crippen molar-refractivity contribution in [3.8, 4) is 0 Å². The van der Waals surface area contributed by atoms with Crippen LogP contribution in [0.2, 0.25) is 0 Å². The van der Waals surface area contributed by atoms with Gasteiger partial charge in [0.25, 0.3) is 0 Å². The Balaban J connectivity index is 1.36. The van der Waals surface area contributed by atoms with Gasteiger partial charge in [0.05, 0.1) is 0 Å². The highest BCUT2D eigenvalue weighted by Crippen LogP contribution is 2.14. The standard InChI is InChI=1S/C20H32N4O/c25-20(24-13-4-2-1-3-5-14-24)22-19-9-16-23(17-10-19)15-8-18-6-11-21-12-7-18/h6-7,11-12,19H,1-5,8-10,13-17H2,(H,22,25). The Bertz CT molecular complexity index is 506. The normalized spacial score (nSPS) is 20.7. The Morgan fingerprint density at radius 2 is 1.64 bits per heavy atom. The van der Waals surface area contributed by atoms with Gasteiger partial charge in [0.2, 0.25) is 0 Å². The summed E-state index contributed by atoms with van der Waals surface area (Å²) in [4.78, 5) is 21.1. The van der Waals surface area contributed by atoms with Crippen LogP contribution < -0.4 is 5.32 Å². The molecule has 3 heterocycles. The molecule has 0 aliphatic carbocycles. The molecule has 1 aromatic heterocycles. The summed E-state index contributed by atoms with van der Waals surface area (Å²) in [6.07, 6.45) is 13.1. The van der Waals surface area contributed by atoms with Gasteiger partial charge in [0.1, 0.15) is 0 Å². The Hall–Kier alpha value is -1.62. The van der Waals surface area contributed by atoms with Crippen LogP contribution in [0, 0.1) is 0 Å². The van der Waals surface area contributed by atoms with Crippen molar-refractivity contribution in [3.05, 3.63) is 30.1 Å². The van der Waals surface area contributed by atoms with Crippen molar-refractivity contribution in [1.82, 2.24) is 20.1 Å². The molecule has 0 aromatic carbocycles. The third-order valence-electron chi connectivity index (χ3n) is 5.52. The summed E-state index contributed by atoms with van der Waals surface area (Å²) in [5.41, 5.74) is 1.35. The molecular weight excluding hydrogens is 312 g/mol. The number of carbonyl (C=O) groups is 1. The van der Waals surface area contributed by atoms with Crippen LogP contribution >= 0.6 is 0 Å². The largest absolute Gasteiger partial charge is 0.335 e. The fourth-order valence-corrected chi connectivity index (χ4v) is 3.85.